The first-order valence-electron chi connectivity index (χ1n) is 18.8. The zero-order chi connectivity index (χ0) is 39.3. The molecule has 6 heteroatoms. The van der Waals surface area contributed by atoms with Gasteiger partial charge in [0.2, 0.25) is 0 Å². The average Bonchev–Trinajstić information content (AvgIpc) is 3.80. The van der Waals surface area contributed by atoms with Crippen molar-refractivity contribution in [3.63, 3.8) is 0 Å². The number of nitrogens with zero attached hydrogens (tertiary/aromatic N) is 6. The van der Waals surface area contributed by atoms with Crippen LogP contribution in [-0.4, -0.2) is 9.13 Å². The fraction of sp³-hybridized carbons (Fsp3) is 0. The highest BCUT2D eigenvalue weighted by atomic mass is 15.0. The molecule has 0 N–H and O–H groups in total. The van der Waals surface area contributed by atoms with Gasteiger partial charge < -0.3 is 9.13 Å². The molecule has 2 aromatic heterocycles. The third-order valence-electron chi connectivity index (χ3n) is 11.1. The molecule has 0 saturated carbocycles. The van der Waals surface area contributed by atoms with Crippen molar-refractivity contribution in [2.24, 2.45) is 0 Å². The van der Waals surface area contributed by atoms with E-state index in [1.54, 1.807) is 0 Å². The van der Waals surface area contributed by atoms with Crippen molar-refractivity contribution in [3.05, 3.63) is 192 Å². The van der Waals surface area contributed by atoms with Gasteiger partial charge in [-0.1, -0.05) is 115 Å². The zero-order valence-electron chi connectivity index (χ0n) is 30.8. The maximum atomic E-state index is 11.4. The van der Waals surface area contributed by atoms with E-state index in [1.165, 1.54) is 0 Å². The molecule has 0 atom stereocenters. The number of hydrogen-bond acceptors (Lipinski definition) is 4. The van der Waals surface area contributed by atoms with Crippen LogP contribution in [0.25, 0.3) is 88.4 Å². The molecule has 0 fully saturated rings. The maximum absolute atomic E-state index is 11.4. The van der Waals surface area contributed by atoms with Crippen molar-refractivity contribution in [2.45, 2.75) is 0 Å². The molecule has 0 aliphatic rings. The summed E-state index contributed by atoms with van der Waals surface area (Å²) in [7, 11) is 0. The van der Waals surface area contributed by atoms with E-state index in [4.69, 9.17) is 0 Å². The molecular weight excluding hydrogens is 709 g/mol. The number of nitriles is 4. The standard InChI is InChI=1S/C52H28N6/c53-29-35-11-1-4-14-39(35)33-21-23-44-42-17-7-9-19-47(42)57(49(44)25-33)51-27-38(41-16-6-3-13-37(41)31-55)28-52(46(51)32-56)58-48-20-10-8-18-43(48)45-24-22-34(26-50(45)58)40-15-5-2-12-36(40)30-54/h1-28H. The van der Waals surface area contributed by atoms with E-state index in [-0.39, 0.29) is 0 Å². The van der Waals surface area contributed by atoms with Gasteiger partial charge in [0.15, 0.2) is 0 Å². The van der Waals surface area contributed by atoms with Gasteiger partial charge in [-0.2, -0.15) is 21.0 Å². The molecule has 0 saturated heterocycles. The molecule has 10 aromatic rings. The van der Waals surface area contributed by atoms with Gasteiger partial charge in [-0.15, -0.1) is 0 Å². The Morgan fingerprint density at radius 3 is 1.09 bits per heavy atom. The van der Waals surface area contributed by atoms with Crippen molar-refractivity contribution in [1.29, 1.82) is 21.0 Å². The third kappa shape index (κ3) is 5.16. The van der Waals surface area contributed by atoms with Crippen LogP contribution >= 0.6 is 0 Å². The zero-order valence-corrected chi connectivity index (χ0v) is 30.8. The average molecular weight is 737 g/mol. The van der Waals surface area contributed by atoms with E-state index in [0.717, 1.165) is 77.0 Å². The molecule has 58 heavy (non-hydrogen) atoms. The lowest BCUT2D eigenvalue weighted by Gasteiger charge is -2.19. The van der Waals surface area contributed by atoms with E-state index in [9.17, 15) is 21.0 Å². The number of fused-ring (bicyclic) bond motifs is 6. The van der Waals surface area contributed by atoms with Crippen molar-refractivity contribution < 1.29 is 0 Å². The van der Waals surface area contributed by atoms with Crippen LogP contribution in [0.3, 0.4) is 0 Å². The minimum absolute atomic E-state index is 0.439. The number of para-hydroxylation sites is 2. The number of benzene rings is 8. The van der Waals surface area contributed by atoms with Crippen LogP contribution in [0.5, 0.6) is 0 Å². The molecule has 0 radical (unpaired) electrons. The van der Waals surface area contributed by atoms with Gasteiger partial charge in [-0.05, 0) is 88.0 Å². The second-order valence-electron chi connectivity index (χ2n) is 14.1. The van der Waals surface area contributed by atoms with E-state index >= 15 is 0 Å². The predicted octanol–water partition coefficient (Wildman–Crippen LogP) is 12.4. The van der Waals surface area contributed by atoms with Crippen molar-refractivity contribution in [3.8, 4) is 69.0 Å². The lowest BCUT2D eigenvalue weighted by atomic mass is 9.96. The molecule has 8 aromatic carbocycles. The van der Waals surface area contributed by atoms with E-state index in [1.807, 2.05) is 121 Å². The van der Waals surface area contributed by atoms with E-state index in [0.29, 0.717) is 33.6 Å². The van der Waals surface area contributed by atoms with Gasteiger partial charge in [0.25, 0.3) is 0 Å². The smallest absolute Gasteiger partial charge is 0.104 e. The molecule has 0 aliphatic carbocycles. The Balaban J connectivity index is 1.36. The molecule has 2 heterocycles. The summed E-state index contributed by atoms with van der Waals surface area (Å²) in [6, 6.07) is 65.2. The summed E-state index contributed by atoms with van der Waals surface area (Å²) < 4.78 is 4.29. The van der Waals surface area contributed by atoms with Crippen LogP contribution in [0.15, 0.2) is 170 Å². The van der Waals surface area contributed by atoms with Crippen LogP contribution in [0.4, 0.5) is 0 Å². The minimum atomic E-state index is 0.439. The van der Waals surface area contributed by atoms with E-state index < -0.39 is 0 Å². The molecule has 0 aliphatic heterocycles. The van der Waals surface area contributed by atoms with Crippen LogP contribution in [0.1, 0.15) is 22.3 Å². The van der Waals surface area contributed by atoms with Crippen LogP contribution in [0, 0.1) is 45.3 Å². The number of aromatic nitrogens is 2. The van der Waals surface area contributed by atoms with Gasteiger partial charge in [0, 0.05) is 21.5 Å². The Bertz CT molecular complexity index is 3320. The van der Waals surface area contributed by atoms with E-state index in [2.05, 4.69) is 81.9 Å². The minimum Gasteiger partial charge on any atom is -0.308 e. The third-order valence-corrected chi connectivity index (χ3v) is 11.1. The Labute approximate surface area is 333 Å². The first kappa shape index (κ1) is 33.9. The van der Waals surface area contributed by atoms with Gasteiger partial charge in [0.05, 0.1) is 68.3 Å². The molecule has 0 spiro atoms. The lowest BCUT2D eigenvalue weighted by molar-refractivity contribution is 1.12. The van der Waals surface area contributed by atoms with Crippen molar-refractivity contribution in [1.82, 2.24) is 9.13 Å². The molecule has 10 rings (SSSR count). The second kappa shape index (κ2) is 13.6. The summed E-state index contributed by atoms with van der Waals surface area (Å²) in [5.74, 6) is 0. The summed E-state index contributed by atoms with van der Waals surface area (Å²) in [4.78, 5) is 0. The molecule has 0 amide bonds. The summed E-state index contributed by atoms with van der Waals surface area (Å²) >= 11 is 0. The molecular formula is C52H28N6. The van der Waals surface area contributed by atoms with Gasteiger partial charge >= 0.3 is 0 Å². The van der Waals surface area contributed by atoms with Crippen molar-refractivity contribution >= 4 is 43.6 Å². The topological polar surface area (TPSA) is 105 Å². The summed E-state index contributed by atoms with van der Waals surface area (Å²) in [5, 5.41) is 45.9. The molecule has 0 unspecified atom stereocenters. The fourth-order valence-electron chi connectivity index (χ4n) is 8.53. The van der Waals surface area contributed by atoms with Gasteiger partial charge in [-0.3, -0.25) is 0 Å². The SMILES string of the molecule is N#Cc1ccccc1-c1cc(-n2c3ccccc3c3ccc(-c4ccccc4C#N)cc32)c(C#N)c(-n2c3ccccc3c3ccc(-c4ccccc4C#N)cc32)c1. The maximum Gasteiger partial charge on any atom is 0.104 e. The fourth-order valence-corrected chi connectivity index (χ4v) is 8.53. The summed E-state index contributed by atoms with van der Waals surface area (Å²) in [6.45, 7) is 0. The first-order valence-corrected chi connectivity index (χ1v) is 18.8. The number of hydrogen-bond donors (Lipinski definition) is 0. The number of rotatable bonds is 5. The lowest BCUT2D eigenvalue weighted by Crippen LogP contribution is -2.05. The Morgan fingerprint density at radius 2 is 0.672 bits per heavy atom. The van der Waals surface area contributed by atoms with Crippen molar-refractivity contribution in [2.75, 3.05) is 0 Å². The van der Waals surface area contributed by atoms with Gasteiger partial charge in [-0.25, -0.2) is 0 Å². The first-order chi connectivity index (χ1) is 28.6. The van der Waals surface area contributed by atoms with Crippen LogP contribution in [-0.2, 0) is 0 Å². The highest BCUT2D eigenvalue weighted by Gasteiger charge is 2.24. The summed E-state index contributed by atoms with van der Waals surface area (Å²) in [5.41, 5.74) is 11.9. The summed E-state index contributed by atoms with van der Waals surface area (Å²) in [6.07, 6.45) is 0. The van der Waals surface area contributed by atoms with Gasteiger partial charge in [0.1, 0.15) is 11.6 Å². The Hall–Kier alpha value is -8.68. The predicted molar refractivity (Wildman–Crippen MR) is 230 cm³/mol. The largest absolute Gasteiger partial charge is 0.308 e. The quantitative estimate of drug-likeness (QED) is 0.175. The second-order valence-corrected chi connectivity index (χ2v) is 14.1. The Morgan fingerprint density at radius 1 is 0.310 bits per heavy atom. The monoisotopic (exact) mass is 736 g/mol. The Kier molecular flexibility index (Phi) is 7.92. The molecule has 6 nitrogen and oxygen atoms in total. The highest BCUT2D eigenvalue weighted by Crippen LogP contribution is 2.42. The van der Waals surface area contributed by atoms with Crippen LogP contribution in [0.2, 0.25) is 0 Å². The normalized spacial score (nSPS) is 11.0. The van der Waals surface area contributed by atoms with Crippen LogP contribution < -0.4 is 0 Å². The molecule has 0 bridgehead atoms. The highest BCUT2D eigenvalue weighted by molar-refractivity contribution is 6.12. The molecule has 266 valence electrons.